The van der Waals surface area contributed by atoms with Crippen molar-refractivity contribution < 1.29 is 8.42 Å². The van der Waals surface area contributed by atoms with E-state index in [0.717, 1.165) is 40.8 Å². The summed E-state index contributed by atoms with van der Waals surface area (Å²) in [6.45, 7) is 3.87. The first kappa shape index (κ1) is 18.0. The van der Waals surface area contributed by atoms with Gasteiger partial charge in [0.1, 0.15) is 0 Å². The van der Waals surface area contributed by atoms with Crippen LogP contribution in [0.15, 0.2) is 53.4 Å². The molecule has 0 amide bonds. The molecular weight excluding hydrogens is 356 g/mol. The number of hydrogen-bond donors (Lipinski definition) is 0. The van der Waals surface area contributed by atoms with Crippen molar-refractivity contribution in [3.63, 3.8) is 0 Å². The molecule has 1 aliphatic heterocycles. The molecule has 1 aromatic heterocycles. The number of anilines is 1. The Hall–Kier alpha value is -2.40. The number of nitrogens with zero attached hydrogens (tertiary/aromatic N) is 2. The van der Waals surface area contributed by atoms with E-state index in [9.17, 15) is 8.42 Å². The highest BCUT2D eigenvalue weighted by atomic mass is 32.2. The van der Waals surface area contributed by atoms with Gasteiger partial charge in [-0.05, 0) is 49.9 Å². The molecule has 2 heterocycles. The zero-order chi connectivity index (χ0) is 19.0. The van der Waals surface area contributed by atoms with Crippen molar-refractivity contribution in [3.8, 4) is 11.1 Å². The predicted molar refractivity (Wildman–Crippen MR) is 111 cm³/mol. The average Bonchev–Trinajstić information content (AvgIpc) is 2.67. The van der Waals surface area contributed by atoms with Gasteiger partial charge in [0.25, 0.3) is 0 Å². The molecule has 0 bridgehead atoms. The van der Waals surface area contributed by atoms with Gasteiger partial charge in [-0.2, -0.15) is 0 Å². The second-order valence-electron chi connectivity index (χ2n) is 7.29. The number of rotatable bonds is 3. The van der Waals surface area contributed by atoms with E-state index in [2.05, 4.69) is 22.0 Å². The summed E-state index contributed by atoms with van der Waals surface area (Å²) in [4.78, 5) is 7.33. The molecule has 0 radical (unpaired) electrons. The van der Waals surface area contributed by atoms with Crippen LogP contribution in [0.25, 0.3) is 22.0 Å². The van der Waals surface area contributed by atoms with Gasteiger partial charge in [0, 0.05) is 36.0 Å². The van der Waals surface area contributed by atoms with Gasteiger partial charge in [0.15, 0.2) is 9.84 Å². The standard InChI is InChI=1S/C22H24N2O2S/c1-16-22(27(2,25)26)21(17-9-5-3-6-10-17)19-15-18(11-12-20(19)23-16)24-13-7-4-8-14-24/h3,5-6,9-12,15H,4,7-8,13-14H2,1-2H3. The molecule has 27 heavy (non-hydrogen) atoms. The van der Waals surface area contributed by atoms with Crippen molar-refractivity contribution in [3.05, 3.63) is 54.2 Å². The van der Waals surface area contributed by atoms with Crippen molar-refractivity contribution in [2.75, 3.05) is 24.2 Å². The molecule has 3 aromatic rings. The number of aryl methyl sites for hydroxylation is 1. The maximum absolute atomic E-state index is 12.6. The normalized spacial score (nSPS) is 15.3. The molecule has 0 spiro atoms. The Labute approximate surface area is 160 Å². The Balaban J connectivity index is 2.03. The molecule has 4 nitrogen and oxygen atoms in total. The molecule has 0 atom stereocenters. The summed E-state index contributed by atoms with van der Waals surface area (Å²) in [5.41, 5.74) is 4.20. The van der Waals surface area contributed by atoms with Crippen LogP contribution in [0.5, 0.6) is 0 Å². The smallest absolute Gasteiger partial charge is 0.177 e. The Morgan fingerprint density at radius 1 is 0.963 bits per heavy atom. The topological polar surface area (TPSA) is 50.3 Å². The fourth-order valence-corrected chi connectivity index (χ4v) is 5.23. The molecule has 1 aliphatic rings. The van der Waals surface area contributed by atoms with Gasteiger partial charge in [-0.1, -0.05) is 30.3 Å². The quantitative estimate of drug-likeness (QED) is 0.666. The molecule has 140 valence electrons. The summed E-state index contributed by atoms with van der Waals surface area (Å²) >= 11 is 0. The first-order valence-corrected chi connectivity index (χ1v) is 11.3. The van der Waals surface area contributed by atoms with E-state index in [4.69, 9.17) is 0 Å². The molecule has 0 unspecified atom stereocenters. The molecule has 1 saturated heterocycles. The number of hydrogen-bond acceptors (Lipinski definition) is 4. The number of piperidine rings is 1. The van der Waals surface area contributed by atoms with Crippen LogP contribution in [0.3, 0.4) is 0 Å². The van der Waals surface area contributed by atoms with Crippen molar-refractivity contribution in [1.29, 1.82) is 0 Å². The lowest BCUT2D eigenvalue weighted by Gasteiger charge is -2.29. The van der Waals surface area contributed by atoms with Crippen LogP contribution in [-0.2, 0) is 9.84 Å². The SMILES string of the molecule is Cc1nc2ccc(N3CCCCC3)cc2c(-c2ccccc2)c1S(C)(=O)=O. The van der Waals surface area contributed by atoms with Crippen LogP contribution in [-0.4, -0.2) is 32.7 Å². The first-order chi connectivity index (χ1) is 12.9. The maximum Gasteiger partial charge on any atom is 0.177 e. The van der Waals surface area contributed by atoms with E-state index >= 15 is 0 Å². The Morgan fingerprint density at radius 2 is 1.67 bits per heavy atom. The summed E-state index contributed by atoms with van der Waals surface area (Å²) in [7, 11) is -3.42. The summed E-state index contributed by atoms with van der Waals surface area (Å²) < 4.78 is 25.3. The van der Waals surface area contributed by atoms with Crippen LogP contribution < -0.4 is 4.90 Å². The third-order valence-corrected chi connectivity index (χ3v) is 6.49. The minimum absolute atomic E-state index is 0.331. The molecular formula is C22H24N2O2S. The number of fused-ring (bicyclic) bond motifs is 1. The fourth-order valence-electron chi connectivity index (χ4n) is 4.05. The van der Waals surface area contributed by atoms with Crippen molar-refractivity contribution in [2.45, 2.75) is 31.1 Å². The summed E-state index contributed by atoms with van der Waals surface area (Å²) in [5.74, 6) is 0. The molecule has 0 saturated carbocycles. The third-order valence-electron chi connectivity index (χ3n) is 5.25. The highest BCUT2D eigenvalue weighted by Gasteiger charge is 2.23. The fraction of sp³-hybridized carbons (Fsp3) is 0.318. The van der Waals surface area contributed by atoms with E-state index in [1.54, 1.807) is 6.92 Å². The van der Waals surface area contributed by atoms with E-state index in [1.165, 1.54) is 25.5 Å². The number of benzene rings is 2. The summed E-state index contributed by atoms with van der Waals surface area (Å²) in [5, 5.41) is 0.898. The number of sulfone groups is 1. The Morgan fingerprint density at radius 3 is 2.33 bits per heavy atom. The maximum atomic E-state index is 12.6. The van der Waals surface area contributed by atoms with Crippen LogP contribution in [0.1, 0.15) is 25.0 Å². The zero-order valence-corrected chi connectivity index (χ0v) is 16.6. The van der Waals surface area contributed by atoms with Crippen LogP contribution in [0, 0.1) is 6.92 Å². The van der Waals surface area contributed by atoms with Crippen LogP contribution in [0.2, 0.25) is 0 Å². The molecule has 0 N–H and O–H groups in total. The largest absolute Gasteiger partial charge is 0.372 e. The molecule has 5 heteroatoms. The second kappa shape index (κ2) is 6.97. The van der Waals surface area contributed by atoms with E-state index < -0.39 is 9.84 Å². The predicted octanol–water partition coefficient (Wildman–Crippen LogP) is 4.60. The average molecular weight is 381 g/mol. The van der Waals surface area contributed by atoms with Gasteiger partial charge in [-0.25, -0.2) is 8.42 Å². The monoisotopic (exact) mass is 380 g/mol. The van der Waals surface area contributed by atoms with Gasteiger partial charge in [-0.3, -0.25) is 4.98 Å². The van der Waals surface area contributed by atoms with Gasteiger partial charge >= 0.3 is 0 Å². The van der Waals surface area contributed by atoms with E-state index in [1.807, 2.05) is 36.4 Å². The van der Waals surface area contributed by atoms with Crippen LogP contribution in [0.4, 0.5) is 5.69 Å². The number of pyridine rings is 1. The highest BCUT2D eigenvalue weighted by Crippen LogP contribution is 2.37. The Bertz CT molecular complexity index is 1090. The van der Waals surface area contributed by atoms with Gasteiger partial charge in [0.05, 0.1) is 16.1 Å². The minimum Gasteiger partial charge on any atom is -0.372 e. The Kier molecular flexibility index (Phi) is 4.64. The highest BCUT2D eigenvalue weighted by molar-refractivity contribution is 7.91. The van der Waals surface area contributed by atoms with Crippen molar-refractivity contribution in [1.82, 2.24) is 4.98 Å². The lowest BCUT2D eigenvalue weighted by molar-refractivity contribution is 0.578. The van der Waals surface area contributed by atoms with Crippen molar-refractivity contribution >= 4 is 26.4 Å². The second-order valence-corrected chi connectivity index (χ2v) is 9.24. The zero-order valence-electron chi connectivity index (χ0n) is 15.8. The van der Waals surface area contributed by atoms with Gasteiger partial charge < -0.3 is 4.90 Å². The lowest BCUT2D eigenvalue weighted by atomic mass is 9.99. The summed E-state index contributed by atoms with van der Waals surface area (Å²) in [6, 6.07) is 16.0. The lowest BCUT2D eigenvalue weighted by Crippen LogP contribution is -2.29. The van der Waals surface area contributed by atoms with Gasteiger partial charge in [-0.15, -0.1) is 0 Å². The van der Waals surface area contributed by atoms with E-state index in [-0.39, 0.29) is 0 Å². The first-order valence-electron chi connectivity index (χ1n) is 9.40. The third kappa shape index (κ3) is 3.44. The molecule has 4 rings (SSSR count). The van der Waals surface area contributed by atoms with Crippen LogP contribution >= 0.6 is 0 Å². The summed E-state index contributed by atoms with van der Waals surface area (Å²) in [6.07, 6.45) is 4.94. The molecule has 2 aromatic carbocycles. The van der Waals surface area contributed by atoms with E-state index in [0.29, 0.717) is 10.6 Å². The number of aromatic nitrogens is 1. The van der Waals surface area contributed by atoms with Crippen molar-refractivity contribution in [2.24, 2.45) is 0 Å². The molecule has 0 aliphatic carbocycles. The minimum atomic E-state index is -3.42. The van der Waals surface area contributed by atoms with Gasteiger partial charge in [0.2, 0.25) is 0 Å². The molecule has 1 fully saturated rings.